The van der Waals surface area contributed by atoms with E-state index in [0.717, 1.165) is 0 Å². The van der Waals surface area contributed by atoms with E-state index < -0.39 is 6.09 Å². The Kier molecular flexibility index (Phi) is 2.49. The van der Waals surface area contributed by atoms with Crippen molar-refractivity contribution in [2.75, 3.05) is 7.05 Å². The number of carbonyl (C=O) groups is 1. The first kappa shape index (κ1) is 7.60. The Morgan fingerprint density at radius 2 is 2.45 bits per heavy atom. The molecular formula is C8H8NO2. The molecule has 1 rings (SSSR count). The van der Waals surface area contributed by atoms with Gasteiger partial charge in [-0.05, 0) is 6.07 Å². The number of hydrogen-bond donors (Lipinski definition) is 1. The van der Waals surface area contributed by atoms with Gasteiger partial charge in [-0.15, -0.1) is 0 Å². The Labute approximate surface area is 65.0 Å². The molecule has 0 bridgehead atoms. The Hall–Kier alpha value is -1.51. The summed E-state index contributed by atoms with van der Waals surface area (Å²) in [6.45, 7) is 0. The van der Waals surface area contributed by atoms with E-state index in [0.29, 0.717) is 5.75 Å². The average Bonchev–Trinajstić information content (AvgIpc) is 2.06. The molecule has 1 amide bonds. The molecule has 0 saturated carbocycles. The smallest absolute Gasteiger partial charge is 0.410 e. The van der Waals surface area contributed by atoms with Crippen LogP contribution < -0.4 is 10.1 Å². The maximum Gasteiger partial charge on any atom is 0.412 e. The number of carbonyl (C=O) groups excluding carboxylic acids is 1. The summed E-state index contributed by atoms with van der Waals surface area (Å²) in [5.74, 6) is 0.423. The zero-order valence-electron chi connectivity index (χ0n) is 6.13. The van der Waals surface area contributed by atoms with Crippen molar-refractivity contribution in [3.05, 3.63) is 30.3 Å². The third kappa shape index (κ3) is 2.29. The van der Waals surface area contributed by atoms with Crippen molar-refractivity contribution in [3.63, 3.8) is 0 Å². The van der Waals surface area contributed by atoms with E-state index in [1.54, 1.807) is 24.3 Å². The zero-order chi connectivity index (χ0) is 8.10. The van der Waals surface area contributed by atoms with Crippen LogP contribution in [0.25, 0.3) is 0 Å². The van der Waals surface area contributed by atoms with Crippen molar-refractivity contribution >= 4 is 6.09 Å². The van der Waals surface area contributed by atoms with E-state index in [1.165, 1.54) is 7.05 Å². The SMILES string of the molecule is CNC(=O)Oc1[c]cccc1. The van der Waals surface area contributed by atoms with Gasteiger partial charge in [-0.1, -0.05) is 18.2 Å². The molecular weight excluding hydrogens is 142 g/mol. The molecule has 1 radical (unpaired) electrons. The van der Waals surface area contributed by atoms with Crippen molar-refractivity contribution in [1.82, 2.24) is 5.32 Å². The summed E-state index contributed by atoms with van der Waals surface area (Å²) < 4.78 is 4.76. The normalized spacial score (nSPS) is 8.82. The Bertz CT molecular complexity index is 233. The van der Waals surface area contributed by atoms with Crippen molar-refractivity contribution in [3.8, 4) is 5.75 Å². The molecule has 0 aliphatic heterocycles. The molecule has 0 atom stereocenters. The third-order valence-corrected chi connectivity index (χ3v) is 1.09. The first-order chi connectivity index (χ1) is 5.33. The molecule has 1 N–H and O–H groups in total. The van der Waals surface area contributed by atoms with Crippen molar-refractivity contribution in [2.24, 2.45) is 0 Å². The van der Waals surface area contributed by atoms with Crippen LogP contribution in [0, 0.1) is 6.07 Å². The minimum Gasteiger partial charge on any atom is -0.410 e. The zero-order valence-corrected chi connectivity index (χ0v) is 6.13. The molecule has 0 aliphatic rings. The number of nitrogens with one attached hydrogen (secondary N) is 1. The van der Waals surface area contributed by atoms with Gasteiger partial charge < -0.3 is 10.1 Å². The fourth-order valence-corrected chi connectivity index (χ4v) is 0.591. The predicted octanol–water partition coefficient (Wildman–Crippen LogP) is 1.20. The molecule has 0 fully saturated rings. The summed E-state index contributed by atoms with van der Waals surface area (Å²) in [6, 6.07) is 9.67. The van der Waals surface area contributed by atoms with E-state index in [1.807, 2.05) is 0 Å². The molecule has 1 aromatic carbocycles. The molecule has 57 valence electrons. The van der Waals surface area contributed by atoms with Crippen LogP contribution in [0.15, 0.2) is 24.3 Å². The summed E-state index contributed by atoms with van der Waals surface area (Å²) in [7, 11) is 1.51. The van der Waals surface area contributed by atoms with Crippen LogP contribution in [-0.2, 0) is 0 Å². The number of rotatable bonds is 1. The van der Waals surface area contributed by atoms with Gasteiger partial charge in [-0.25, -0.2) is 4.79 Å². The van der Waals surface area contributed by atoms with Crippen LogP contribution in [-0.4, -0.2) is 13.1 Å². The second-order valence-corrected chi connectivity index (χ2v) is 1.87. The molecule has 0 aromatic heterocycles. The Morgan fingerprint density at radius 3 is 3.00 bits per heavy atom. The van der Waals surface area contributed by atoms with Gasteiger partial charge in [-0.2, -0.15) is 0 Å². The molecule has 0 spiro atoms. The van der Waals surface area contributed by atoms with Gasteiger partial charge in [0.25, 0.3) is 0 Å². The predicted molar refractivity (Wildman–Crippen MR) is 40.4 cm³/mol. The van der Waals surface area contributed by atoms with Gasteiger partial charge >= 0.3 is 6.09 Å². The molecule has 11 heavy (non-hydrogen) atoms. The number of ether oxygens (including phenoxy) is 1. The monoisotopic (exact) mass is 150 g/mol. The van der Waals surface area contributed by atoms with E-state index in [2.05, 4.69) is 11.4 Å². The number of amides is 1. The average molecular weight is 150 g/mol. The highest BCUT2D eigenvalue weighted by Crippen LogP contribution is 2.06. The standard InChI is InChI=1S/C8H8NO2/c1-9-8(10)11-7-5-3-2-4-6-7/h2-5H,1H3,(H,9,10). The van der Waals surface area contributed by atoms with Crippen molar-refractivity contribution in [1.29, 1.82) is 0 Å². The van der Waals surface area contributed by atoms with Gasteiger partial charge in [-0.3, -0.25) is 0 Å². The van der Waals surface area contributed by atoms with Crippen LogP contribution in [0.3, 0.4) is 0 Å². The molecule has 3 nitrogen and oxygen atoms in total. The van der Waals surface area contributed by atoms with Gasteiger partial charge in [0.1, 0.15) is 5.75 Å². The van der Waals surface area contributed by atoms with E-state index in [9.17, 15) is 4.79 Å². The molecule has 0 aliphatic carbocycles. The Morgan fingerprint density at radius 1 is 1.64 bits per heavy atom. The minimum atomic E-state index is -0.479. The summed E-state index contributed by atoms with van der Waals surface area (Å²) in [4.78, 5) is 10.6. The summed E-state index contributed by atoms with van der Waals surface area (Å²) in [6.07, 6.45) is -0.479. The third-order valence-electron chi connectivity index (χ3n) is 1.09. The summed E-state index contributed by atoms with van der Waals surface area (Å²) >= 11 is 0. The van der Waals surface area contributed by atoms with Gasteiger partial charge in [0.2, 0.25) is 0 Å². The Balaban J connectivity index is 2.58. The van der Waals surface area contributed by atoms with E-state index in [-0.39, 0.29) is 0 Å². The molecule has 0 heterocycles. The lowest BCUT2D eigenvalue weighted by atomic mass is 10.3. The largest absolute Gasteiger partial charge is 0.412 e. The van der Waals surface area contributed by atoms with Gasteiger partial charge in [0.15, 0.2) is 0 Å². The van der Waals surface area contributed by atoms with Crippen LogP contribution in [0.5, 0.6) is 5.75 Å². The summed E-state index contributed by atoms with van der Waals surface area (Å²) in [5.41, 5.74) is 0. The lowest BCUT2D eigenvalue weighted by molar-refractivity contribution is 0.203. The maximum atomic E-state index is 10.6. The van der Waals surface area contributed by atoms with Crippen molar-refractivity contribution < 1.29 is 9.53 Å². The lowest BCUT2D eigenvalue weighted by Gasteiger charge is -2.00. The first-order valence-corrected chi connectivity index (χ1v) is 3.19. The van der Waals surface area contributed by atoms with Gasteiger partial charge in [0.05, 0.1) is 0 Å². The fourth-order valence-electron chi connectivity index (χ4n) is 0.591. The second-order valence-electron chi connectivity index (χ2n) is 1.87. The van der Waals surface area contributed by atoms with E-state index in [4.69, 9.17) is 4.74 Å². The molecule has 0 unspecified atom stereocenters. The fraction of sp³-hybridized carbons (Fsp3) is 0.125. The molecule has 0 saturated heterocycles. The first-order valence-electron chi connectivity index (χ1n) is 3.19. The van der Waals surface area contributed by atoms with Crippen LogP contribution in [0.4, 0.5) is 4.79 Å². The van der Waals surface area contributed by atoms with Crippen LogP contribution >= 0.6 is 0 Å². The highest BCUT2D eigenvalue weighted by atomic mass is 16.5. The second kappa shape index (κ2) is 3.61. The number of para-hydroxylation sites is 1. The minimum absolute atomic E-state index is 0.423. The van der Waals surface area contributed by atoms with Crippen LogP contribution in [0.2, 0.25) is 0 Å². The highest BCUT2D eigenvalue weighted by molar-refractivity contribution is 5.69. The maximum absolute atomic E-state index is 10.6. The topological polar surface area (TPSA) is 38.3 Å². The molecule has 3 heteroatoms. The van der Waals surface area contributed by atoms with Gasteiger partial charge in [0, 0.05) is 13.1 Å². The van der Waals surface area contributed by atoms with E-state index >= 15 is 0 Å². The summed E-state index contributed by atoms with van der Waals surface area (Å²) in [5, 5.41) is 2.33. The molecule has 1 aromatic rings. The quantitative estimate of drug-likeness (QED) is 0.653. The highest BCUT2D eigenvalue weighted by Gasteiger charge is 1.98. The van der Waals surface area contributed by atoms with Crippen molar-refractivity contribution in [2.45, 2.75) is 0 Å². The number of hydrogen-bond acceptors (Lipinski definition) is 2. The number of benzene rings is 1. The van der Waals surface area contributed by atoms with Crippen LogP contribution in [0.1, 0.15) is 0 Å². The lowest BCUT2D eigenvalue weighted by Crippen LogP contribution is -2.21.